The number of aromatic nitrogens is 3. The van der Waals surface area contributed by atoms with Crippen molar-refractivity contribution in [3.8, 4) is 11.1 Å². The molecule has 3 N–H and O–H groups in total. The van der Waals surface area contributed by atoms with Crippen molar-refractivity contribution in [3.05, 3.63) is 70.8 Å². The number of esters is 1. The molecule has 3 aromatic rings. The molecule has 14 heteroatoms. The number of aliphatic hydroxyl groups excluding tert-OH is 1. The van der Waals surface area contributed by atoms with Crippen LogP contribution in [0.25, 0.3) is 11.1 Å². The predicted molar refractivity (Wildman–Crippen MR) is 150 cm³/mol. The van der Waals surface area contributed by atoms with E-state index < -0.39 is 42.3 Å². The molecule has 0 radical (unpaired) electrons. The molecule has 3 unspecified atom stereocenters. The van der Waals surface area contributed by atoms with Crippen LogP contribution in [0.15, 0.2) is 48.7 Å². The summed E-state index contributed by atoms with van der Waals surface area (Å²) in [6.45, 7) is 1.31. The zero-order chi connectivity index (χ0) is 30.9. The normalized spacial score (nSPS) is 15.6. The van der Waals surface area contributed by atoms with Gasteiger partial charge in [-0.05, 0) is 66.6 Å². The molecule has 1 aliphatic rings. The molecule has 230 valence electrons. The number of amides is 1. The summed E-state index contributed by atoms with van der Waals surface area (Å²) in [4.78, 5) is 37.8. The number of aliphatic hydroxyl groups is 1. The van der Waals surface area contributed by atoms with Crippen molar-refractivity contribution < 1.29 is 43.3 Å². The molecular weight excluding hydrogens is 587 g/mol. The molecule has 1 fully saturated rings. The quantitative estimate of drug-likeness (QED) is 0.159. The SMILES string of the molecule is CC(OC(=O)OC1CCCCC1)OC(=O)C(O)CC(Cc1ccc(-c2cc(Cl)ccc2F)cc1)NC(=O)c1cn(O)nn1. The minimum atomic E-state index is -1.71. The highest BCUT2D eigenvalue weighted by molar-refractivity contribution is 6.30. The number of benzene rings is 2. The van der Waals surface area contributed by atoms with Crippen LogP contribution < -0.4 is 5.32 Å². The molecule has 1 saturated carbocycles. The van der Waals surface area contributed by atoms with E-state index in [9.17, 15) is 29.1 Å². The lowest BCUT2D eigenvalue weighted by atomic mass is 9.97. The smallest absolute Gasteiger partial charge is 0.431 e. The molecule has 0 bridgehead atoms. The summed E-state index contributed by atoms with van der Waals surface area (Å²) in [6, 6.07) is 10.2. The van der Waals surface area contributed by atoms with Gasteiger partial charge in [-0.2, -0.15) is 0 Å². The van der Waals surface area contributed by atoms with Gasteiger partial charge in [0.2, 0.25) is 6.29 Å². The van der Waals surface area contributed by atoms with Gasteiger partial charge >= 0.3 is 12.1 Å². The van der Waals surface area contributed by atoms with Crippen molar-refractivity contribution in [3.63, 3.8) is 0 Å². The van der Waals surface area contributed by atoms with Crippen LogP contribution >= 0.6 is 11.6 Å². The lowest BCUT2D eigenvalue weighted by Gasteiger charge is -2.23. The third kappa shape index (κ3) is 9.38. The molecule has 0 saturated heterocycles. The van der Waals surface area contributed by atoms with Crippen molar-refractivity contribution in [1.82, 2.24) is 20.5 Å². The van der Waals surface area contributed by atoms with E-state index in [2.05, 4.69) is 15.6 Å². The highest BCUT2D eigenvalue weighted by atomic mass is 35.5. The number of hydrogen-bond donors (Lipinski definition) is 3. The van der Waals surface area contributed by atoms with Crippen molar-refractivity contribution in [2.24, 2.45) is 0 Å². The number of rotatable bonds is 11. The predicted octanol–water partition coefficient (Wildman–Crippen LogP) is 4.44. The van der Waals surface area contributed by atoms with Gasteiger partial charge in [0, 0.05) is 30.0 Å². The molecule has 1 heterocycles. The van der Waals surface area contributed by atoms with Crippen molar-refractivity contribution in [2.45, 2.75) is 76.4 Å². The van der Waals surface area contributed by atoms with Gasteiger partial charge in [-0.15, -0.1) is 5.10 Å². The second kappa shape index (κ2) is 14.8. The van der Waals surface area contributed by atoms with E-state index in [1.165, 1.54) is 25.1 Å². The lowest BCUT2D eigenvalue weighted by Crippen LogP contribution is -2.41. The molecule has 3 atom stereocenters. The Labute approximate surface area is 251 Å². The molecule has 4 rings (SSSR count). The van der Waals surface area contributed by atoms with Crippen LogP contribution in [0, 0.1) is 5.82 Å². The van der Waals surface area contributed by atoms with Crippen LogP contribution in [0.3, 0.4) is 0 Å². The Morgan fingerprint density at radius 2 is 1.84 bits per heavy atom. The van der Waals surface area contributed by atoms with Gasteiger partial charge in [0.05, 0.1) is 6.20 Å². The maximum Gasteiger partial charge on any atom is 0.511 e. The Morgan fingerprint density at radius 3 is 2.51 bits per heavy atom. The van der Waals surface area contributed by atoms with Crippen LogP contribution in [0.5, 0.6) is 0 Å². The first-order chi connectivity index (χ1) is 20.6. The fourth-order valence-electron chi connectivity index (χ4n) is 4.75. The van der Waals surface area contributed by atoms with Crippen molar-refractivity contribution >= 4 is 29.6 Å². The fourth-order valence-corrected chi connectivity index (χ4v) is 4.92. The zero-order valence-electron chi connectivity index (χ0n) is 23.3. The second-order valence-electron chi connectivity index (χ2n) is 10.2. The van der Waals surface area contributed by atoms with Gasteiger partial charge in [0.25, 0.3) is 5.91 Å². The summed E-state index contributed by atoms with van der Waals surface area (Å²) in [7, 11) is 0. The molecule has 43 heavy (non-hydrogen) atoms. The van der Waals surface area contributed by atoms with Gasteiger partial charge in [-0.3, -0.25) is 4.79 Å². The van der Waals surface area contributed by atoms with Crippen LogP contribution in [0.2, 0.25) is 5.02 Å². The average Bonchev–Trinajstić information content (AvgIpc) is 3.41. The summed E-state index contributed by atoms with van der Waals surface area (Å²) >= 11 is 6.01. The first-order valence-electron chi connectivity index (χ1n) is 13.8. The Morgan fingerprint density at radius 1 is 1.12 bits per heavy atom. The Bertz CT molecular complexity index is 1410. The van der Waals surface area contributed by atoms with E-state index in [-0.39, 0.29) is 24.6 Å². The number of nitrogens with one attached hydrogen (secondary N) is 1. The Balaban J connectivity index is 1.39. The number of carbonyl (C=O) groups excluding carboxylic acids is 3. The van der Waals surface area contributed by atoms with Crippen LogP contribution in [-0.2, 0) is 25.4 Å². The van der Waals surface area contributed by atoms with Crippen molar-refractivity contribution in [1.29, 1.82) is 0 Å². The third-order valence-electron chi connectivity index (χ3n) is 6.86. The standard InChI is InChI=1S/C29H32ClFN4O8/c1-17(42-29(39)43-22-5-3-2-4-6-22)41-28(38)26(36)15-21(32-27(37)25-16-35(40)34-33-25)13-18-7-9-19(10-8-18)23-14-20(30)11-12-24(23)31/h7-12,14,16-17,21-22,26,36,40H,2-6,13,15H2,1H3,(H,32,37). The summed E-state index contributed by atoms with van der Waals surface area (Å²) in [5.74, 6) is -2.24. The van der Waals surface area contributed by atoms with Gasteiger partial charge < -0.3 is 29.8 Å². The van der Waals surface area contributed by atoms with E-state index in [1.807, 2.05) is 0 Å². The summed E-state index contributed by atoms with van der Waals surface area (Å²) in [5.41, 5.74) is 1.37. The summed E-state index contributed by atoms with van der Waals surface area (Å²) in [5, 5.41) is 29.9. The summed E-state index contributed by atoms with van der Waals surface area (Å²) < 4.78 is 29.6. The number of halogens is 2. The van der Waals surface area contributed by atoms with Crippen LogP contribution in [0.4, 0.5) is 9.18 Å². The lowest BCUT2D eigenvalue weighted by molar-refractivity contribution is -0.179. The topological polar surface area (TPSA) is 162 Å². The minimum Gasteiger partial charge on any atom is -0.431 e. The molecule has 1 aromatic heterocycles. The molecule has 2 aromatic carbocycles. The molecular formula is C29H32ClFN4O8. The second-order valence-corrected chi connectivity index (χ2v) is 10.7. The fraction of sp³-hybridized carbons (Fsp3) is 0.414. The van der Waals surface area contributed by atoms with E-state index in [1.54, 1.807) is 24.3 Å². The highest BCUT2D eigenvalue weighted by Gasteiger charge is 2.28. The van der Waals surface area contributed by atoms with Gasteiger partial charge in [-0.1, -0.05) is 47.1 Å². The highest BCUT2D eigenvalue weighted by Crippen LogP contribution is 2.27. The molecule has 0 spiro atoms. The van der Waals surface area contributed by atoms with Gasteiger partial charge in [0.15, 0.2) is 11.8 Å². The minimum absolute atomic E-state index is 0.140. The van der Waals surface area contributed by atoms with E-state index in [4.69, 9.17) is 25.8 Å². The maximum absolute atomic E-state index is 14.3. The Kier molecular flexibility index (Phi) is 10.9. The largest absolute Gasteiger partial charge is 0.511 e. The molecule has 12 nitrogen and oxygen atoms in total. The number of ether oxygens (including phenoxy) is 3. The molecule has 1 aliphatic carbocycles. The maximum atomic E-state index is 14.3. The summed E-state index contributed by atoms with van der Waals surface area (Å²) in [6.07, 6.45) is 1.05. The first-order valence-corrected chi connectivity index (χ1v) is 14.2. The van der Waals surface area contributed by atoms with Crippen molar-refractivity contribution in [2.75, 3.05) is 0 Å². The van der Waals surface area contributed by atoms with E-state index >= 15 is 0 Å². The number of nitrogens with zero attached hydrogens (tertiary/aromatic N) is 3. The third-order valence-corrected chi connectivity index (χ3v) is 7.10. The number of carbonyl (C=O) groups is 3. The van der Waals surface area contributed by atoms with Gasteiger partial charge in [-0.25, -0.2) is 14.0 Å². The van der Waals surface area contributed by atoms with Crippen LogP contribution in [0.1, 0.15) is 61.5 Å². The first kappa shape index (κ1) is 31.7. The zero-order valence-corrected chi connectivity index (χ0v) is 24.1. The number of hydrogen-bond acceptors (Lipinski definition) is 10. The monoisotopic (exact) mass is 618 g/mol. The van der Waals surface area contributed by atoms with Gasteiger partial charge in [0.1, 0.15) is 11.9 Å². The Hall–Kier alpha value is -4.23. The van der Waals surface area contributed by atoms with E-state index in [0.29, 0.717) is 26.6 Å². The van der Waals surface area contributed by atoms with E-state index in [0.717, 1.165) is 38.3 Å². The average molecular weight is 619 g/mol. The molecule has 0 aliphatic heterocycles. The van der Waals surface area contributed by atoms with Crippen LogP contribution in [-0.4, -0.2) is 68.0 Å². The molecule has 1 amide bonds.